The maximum Gasteiger partial charge on any atom is 0.326 e. The Bertz CT molecular complexity index is 513. The fourth-order valence-electron chi connectivity index (χ4n) is 2.45. The number of amides is 1. The molecule has 0 radical (unpaired) electrons. The molecule has 1 aliphatic rings. The SMILES string of the molecule is COCCC(NC(=O)c1ccc2c(c1)CCC2)C(=O)O. The first kappa shape index (κ1) is 14.5. The Morgan fingerprint density at radius 3 is 2.80 bits per heavy atom. The summed E-state index contributed by atoms with van der Waals surface area (Å²) >= 11 is 0. The number of benzene rings is 1. The van der Waals surface area contributed by atoms with E-state index >= 15 is 0 Å². The molecule has 0 saturated carbocycles. The number of hydrogen-bond donors (Lipinski definition) is 2. The van der Waals surface area contributed by atoms with Crippen LogP contribution in [0, 0.1) is 0 Å². The first-order valence-corrected chi connectivity index (χ1v) is 6.76. The number of carbonyl (C=O) groups excluding carboxylic acids is 1. The maximum atomic E-state index is 12.1. The van der Waals surface area contributed by atoms with Gasteiger partial charge in [-0.15, -0.1) is 0 Å². The molecule has 5 nitrogen and oxygen atoms in total. The van der Waals surface area contributed by atoms with Crippen LogP contribution < -0.4 is 5.32 Å². The standard InChI is InChI=1S/C15H19NO4/c1-20-8-7-13(15(18)19)16-14(17)12-6-5-10-3-2-4-11(10)9-12/h5-6,9,13H,2-4,7-8H2,1H3,(H,16,17)(H,18,19). The first-order valence-electron chi connectivity index (χ1n) is 6.76. The average Bonchev–Trinajstić information content (AvgIpc) is 2.90. The van der Waals surface area contributed by atoms with Gasteiger partial charge in [0.05, 0.1) is 0 Å². The van der Waals surface area contributed by atoms with Gasteiger partial charge in [-0.1, -0.05) is 6.07 Å². The summed E-state index contributed by atoms with van der Waals surface area (Å²) in [6, 6.07) is 4.67. The summed E-state index contributed by atoms with van der Waals surface area (Å²) < 4.78 is 4.86. The highest BCUT2D eigenvalue weighted by atomic mass is 16.5. The lowest BCUT2D eigenvalue weighted by Crippen LogP contribution is -2.41. The Morgan fingerprint density at radius 1 is 1.35 bits per heavy atom. The third kappa shape index (κ3) is 3.36. The minimum absolute atomic E-state index is 0.252. The van der Waals surface area contributed by atoms with E-state index in [1.807, 2.05) is 12.1 Å². The van der Waals surface area contributed by atoms with E-state index in [1.165, 1.54) is 18.2 Å². The van der Waals surface area contributed by atoms with Crippen LogP contribution in [0.5, 0.6) is 0 Å². The molecule has 0 spiro atoms. The molecule has 5 heteroatoms. The van der Waals surface area contributed by atoms with Gasteiger partial charge in [0, 0.05) is 25.7 Å². The molecule has 1 aliphatic carbocycles. The molecule has 0 bridgehead atoms. The van der Waals surface area contributed by atoms with E-state index in [4.69, 9.17) is 9.84 Å². The molecule has 0 aromatic heterocycles. The predicted molar refractivity (Wildman–Crippen MR) is 73.9 cm³/mol. The summed E-state index contributed by atoms with van der Waals surface area (Å²) in [4.78, 5) is 23.2. The number of carboxylic acids is 1. The highest BCUT2D eigenvalue weighted by molar-refractivity contribution is 5.96. The first-order chi connectivity index (χ1) is 9.61. The molecule has 20 heavy (non-hydrogen) atoms. The number of carboxylic acid groups (broad SMARTS) is 1. The zero-order valence-electron chi connectivity index (χ0n) is 11.5. The smallest absolute Gasteiger partial charge is 0.326 e. The Balaban J connectivity index is 2.04. The van der Waals surface area contributed by atoms with Crippen molar-refractivity contribution in [3.63, 3.8) is 0 Å². The van der Waals surface area contributed by atoms with E-state index < -0.39 is 12.0 Å². The fourth-order valence-corrected chi connectivity index (χ4v) is 2.45. The van der Waals surface area contributed by atoms with Crippen molar-refractivity contribution in [1.82, 2.24) is 5.32 Å². The topological polar surface area (TPSA) is 75.6 Å². The summed E-state index contributed by atoms with van der Waals surface area (Å²) in [5.41, 5.74) is 3.01. The number of aliphatic carboxylic acids is 1. The minimum atomic E-state index is -1.04. The molecule has 2 N–H and O–H groups in total. The van der Waals surface area contributed by atoms with Crippen molar-refractivity contribution in [1.29, 1.82) is 0 Å². The highest BCUT2D eigenvalue weighted by Crippen LogP contribution is 2.22. The summed E-state index contributed by atoms with van der Waals surface area (Å²) in [5.74, 6) is -1.39. The molecule has 1 aromatic carbocycles. The molecular weight excluding hydrogens is 258 g/mol. The van der Waals surface area contributed by atoms with Gasteiger partial charge >= 0.3 is 5.97 Å². The van der Waals surface area contributed by atoms with Crippen LogP contribution in [0.4, 0.5) is 0 Å². The van der Waals surface area contributed by atoms with Crippen molar-refractivity contribution in [2.45, 2.75) is 31.7 Å². The van der Waals surface area contributed by atoms with Crippen LogP contribution >= 0.6 is 0 Å². The molecule has 0 fully saturated rings. The molecule has 108 valence electrons. The zero-order chi connectivity index (χ0) is 14.5. The van der Waals surface area contributed by atoms with Crippen LogP contribution in [-0.4, -0.2) is 36.7 Å². The molecule has 2 rings (SSSR count). The van der Waals surface area contributed by atoms with Crippen LogP contribution in [0.15, 0.2) is 18.2 Å². The molecule has 0 saturated heterocycles. The predicted octanol–water partition coefficient (Wildman–Crippen LogP) is 1.39. The summed E-state index contributed by atoms with van der Waals surface area (Å²) in [6.07, 6.45) is 3.42. The third-order valence-corrected chi connectivity index (χ3v) is 3.57. The van der Waals surface area contributed by atoms with Crippen molar-refractivity contribution < 1.29 is 19.4 Å². The Hall–Kier alpha value is -1.88. The van der Waals surface area contributed by atoms with Crippen molar-refractivity contribution in [2.75, 3.05) is 13.7 Å². The van der Waals surface area contributed by atoms with Crippen molar-refractivity contribution in [3.05, 3.63) is 34.9 Å². The van der Waals surface area contributed by atoms with Crippen LogP contribution in [-0.2, 0) is 22.4 Å². The number of methoxy groups -OCH3 is 1. The number of nitrogens with one attached hydrogen (secondary N) is 1. The zero-order valence-corrected chi connectivity index (χ0v) is 11.5. The van der Waals surface area contributed by atoms with Crippen molar-refractivity contribution in [2.24, 2.45) is 0 Å². The van der Waals surface area contributed by atoms with Crippen molar-refractivity contribution in [3.8, 4) is 0 Å². The minimum Gasteiger partial charge on any atom is -0.480 e. The number of fused-ring (bicyclic) bond motifs is 1. The summed E-state index contributed by atoms with van der Waals surface area (Å²) in [7, 11) is 1.50. The van der Waals surface area contributed by atoms with Crippen LogP contribution in [0.1, 0.15) is 34.3 Å². The lowest BCUT2D eigenvalue weighted by atomic mass is 10.1. The summed E-state index contributed by atoms with van der Waals surface area (Å²) in [6.45, 7) is 0.293. The molecular formula is C15H19NO4. The number of hydrogen-bond acceptors (Lipinski definition) is 3. The second kappa shape index (κ2) is 6.52. The number of aryl methyl sites for hydroxylation is 2. The fraction of sp³-hybridized carbons (Fsp3) is 0.467. The van der Waals surface area contributed by atoms with E-state index in [9.17, 15) is 9.59 Å². The van der Waals surface area contributed by atoms with Gasteiger partial charge in [-0.3, -0.25) is 4.79 Å². The van der Waals surface area contributed by atoms with Gasteiger partial charge in [0.15, 0.2) is 0 Å². The van der Waals surface area contributed by atoms with E-state index in [-0.39, 0.29) is 12.3 Å². The van der Waals surface area contributed by atoms with E-state index in [1.54, 1.807) is 6.07 Å². The number of carbonyl (C=O) groups is 2. The van der Waals surface area contributed by atoms with Gasteiger partial charge < -0.3 is 15.2 Å². The van der Waals surface area contributed by atoms with Gasteiger partial charge in [0.2, 0.25) is 0 Å². The van der Waals surface area contributed by atoms with Crippen LogP contribution in [0.2, 0.25) is 0 Å². The average molecular weight is 277 g/mol. The molecule has 1 atom stereocenters. The molecule has 0 aliphatic heterocycles. The Kier molecular flexibility index (Phi) is 4.74. The quantitative estimate of drug-likeness (QED) is 0.824. The van der Waals surface area contributed by atoms with E-state index in [2.05, 4.69) is 5.32 Å². The third-order valence-electron chi connectivity index (χ3n) is 3.57. The molecule has 1 unspecified atom stereocenters. The maximum absolute atomic E-state index is 12.1. The molecule has 1 amide bonds. The van der Waals surface area contributed by atoms with Gasteiger partial charge in [0.25, 0.3) is 5.91 Å². The largest absolute Gasteiger partial charge is 0.480 e. The number of ether oxygens (including phenoxy) is 1. The van der Waals surface area contributed by atoms with Crippen LogP contribution in [0.3, 0.4) is 0 Å². The lowest BCUT2D eigenvalue weighted by Gasteiger charge is -2.14. The Labute approximate surface area is 117 Å². The monoisotopic (exact) mass is 277 g/mol. The lowest BCUT2D eigenvalue weighted by molar-refractivity contribution is -0.139. The van der Waals surface area contributed by atoms with Gasteiger partial charge in [-0.2, -0.15) is 0 Å². The summed E-state index contributed by atoms with van der Waals surface area (Å²) in [5, 5.41) is 11.6. The van der Waals surface area contributed by atoms with E-state index in [0.717, 1.165) is 19.3 Å². The normalized spacial score (nSPS) is 14.7. The van der Waals surface area contributed by atoms with Gasteiger partial charge in [0.1, 0.15) is 6.04 Å². The number of rotatable bonds is 6. The van der Waals surface area contributed by atoms with Crippen LogP contribution in [0.25, 0.3) is 0 Å². The molecule has 0 heterocycles. The second-order valence-electron chi connectivity index (χ2n) is 4.98. The molecule has 1 aromatic rings. The van der Waals surface area contributed by atoms with Gasteiger partial charge in [-0.25, -0.2) is 4.79 Å². The van der Waals surface area contributed by atoms with Crippen molar-refractivity contribution >= 4 is 11.9 Å². The Morgan fingerprint density at radius 2 is 2.10 bits per heavy atom. The highest BCUT2D eigenvalue weighted by Gasteiger charge is 2.21. The van der Waals surface area contributed by atoms with E-state index in [0.29, 0.717) is 12.2 Å². The second-order valence-corrected chi connectivity index (χ2v) is 4.98. The van der Waals surface area contributed by atoms with Gasteiger partial charge in [-0.05, 0) is 42.5 Å².